The summed E-state index contributed by atoms with van der Waals surface area (Å²) >= 11 is 3.13. The number of hydrogen-bond donors (Lipinski definition) is 2. The van der Waals surface area contributed by atoms with Gasteiger partial charge >= 0.3 is 6.03 Å². The highest BCUT2D eigenvalue weighted by Crippen LogP contribution is 2.35. The number of aromatic nitrogens is 1. The number of aryl methyl sites for hydroxylation is 1. The second-order valence-corrected chi connectivity index (χ2v) is 9.48. The van der Waals surface area contributed by atoms with Gasteiger partial charge in [-0.25, -0.2) is 9.78 Å². The first-order valence-corrected chi connectivity index (χ1v) is 13.8. The van der Waals surface area contributed by atoms with Crippen LogP contribution in [0.25, 0.3) is 0 Å². The van der Waals surface area contributed by atoms with Gasteiger partial charge in [-0.1, -0.05) is 32.6 Å². The van der Waals surface area contributed by atoms with E-state index >= 15 is 0 Å². The van der Waals surface area contributed by atoms with Gasteiger partial charge in [0.2, 0.25) is 0 Å². The monoisotopic (exact) mass is 491 g/mol. The molecular weight excluding hydrogens is 454 g/mol. The number of nitrogens with one attached hydrogen (secondary N) is 2. The van der Waals surface area contributed by atoms with Crippen LogP contribution in [0, 0.1) is 6.92 Å². The fraction of sp³-hybridized carbons (Fsp3) is 0.520. The Labute approximate surface area is 207 Å². The van der Waals surface area contributed by atoms with E-state index in [-0.39, 0.29) is 11.9 Å². The highest BCUT2D eigenvalue weighted by atomic mass is 32.2. The van der Waals surface area contributed by atoms with Crippen LogP contribution in [0.1, 0.15) is 56.2 Å². The Kier molecular flexibility index (Phi) is 11.7. The van der Waals surface area contributed by atoms with Crippen LogP contribution < -0.4 is 20.1 Å². The number of ether oxygens (including phenoxy) is 2. The number of urea groups is 1. The van der Waals surface area contributed by atoms with Gasteiger partial charge in [-0.2, -0.15) is 0 Å². The molecule has 182 valence electrons. The minimum atomic E-state index is -0.230. The number of thioether (sulfide) groups is 2. The van der Waals surface area contributed by atoms with E-state index in [1.807, 2.05) is 43.7 Å². The minimum Gasteiger partial charge on any atom is -0.497 e. The van der Waals surface area contributed by atoms with Crippen molar-refractivity contribution in [3.8, 4) is 11.5 Å². The van der Waals surface area contributed by atoms with Gasteiger partial charge in [0.15, 0.2) is 0 Å². The average molecular weight is 492 g/mol. The van der Waals surface area contributed by atoms with Crippen LogP contribution in [0.5, 0.6) is 11.5 Å². The highest BCUT2D eigenvalue weighted by molar-refractivity contribution is 7.99. The summed E-state index contributed by atoms with van der Waals surface area (Å²) in [6, 6.07) is 7.62. The molecule has 0 aliphatic carbocycles. The summed E-state index contributed by atoms with van der Waals surface area (Å²) < 4.78 is 11.1. The predicted octanol–water partition coefficient (Wildman–Crippen LogP) is 6.73. The van der Waals surface area contributed by atoms with Gasteiger partial charge < -0.3 is 20.1 Å². The molecule has 1 atom stereocenters. The third-order valence-electron chi connectivity index (χ3n) is 5.52. The van der Waals surface area contributed by atoms with Crippen molar-refractivity contribution in [3.05, 3.63) is 35.5 Å². The zero-order valence-electron chi connectivity index (χ0n) is 20.6. The van der Waals surface area contributed by atoms with Gasteiger partial charge in [0.25, 0.3) is 0 Å². The standard InChI is InChI=1S/C25H37N3O3S2/c1-7-8-9-10-11-18(20-15-19(30-3)12-13-21(20)31-4)16-26-25(29)28-23-22(32-5)14-17(2)27-24(23)33-6/h12-15,18H,7-11,16H2,1-6H3,(H2,26,28,29). The van der Waals surface area contributed by atoms with Gasteiger partial charge in [0.05, 0.1) is 19.9 Å². The first kappa shape index (κ1) is 27.2. The van der Waals surface area contributed by atoms with Crippen LogP contribution in [-0.2, 0) is 0 Å². The summed E-state index contributed by atoms with van der Waals surface area (Å²) in [4.78, 5) is 18.5. The molecule has 1 aromatic carbocycles. The number of unbranched alkanes of at least 4 members (excludes halogenated alkanes) is 3. The number of nitrogens with zero attached hydrogens (tertiary/aromatic N) is 1. The third-order valence-corrected chi connectivity index (χ3v) is 6.97. The molecule has 0 spiro atoms. The zero-order chi connectivity index (χ0) is 24.2. The van der Waals surface area contributed by atoms with Crippen molar-refractivity contribution < 1.29 is 14.3 Å². The summed E-state index contributed by atoms with van der Waals surface area (Å²) in [5.74, 6) is 1.72. The van der Waals surface area contributed by atoms with E-state index in [0.717, 1.165) is 51.2 Å². The molecule has 2 rings (SSSR count). The summed E-state index contributed by atoms with van der Waals surface area (Å²) in [5, 5.41) is 6.94. The van der Waals surface area contributed by atoms with Crippen molar-refractivity contribution in [2.45, 2.75) is 61.8 Å². The Hall–Kier alpha value is -2.06. The Bertz CT molecular complexity index is 883. The molecule has 0 radical (unpaired) electrons. The van der Waals surface area contributed by atoms with Crippen molar-refractivity contribution in [2.75, 3.05) is 38.6 Å². The first-order valence-electron chi connectivity index (χ1n) is 11.3. The second kappa shape index (κ2) is 14.3. The van der Waals surface area contributed by atoms with Crippen molar-refractivity contribution in [3.63, 3.8) is 0 Å². The average Bonchev–Trinajstić information content (AvgIpc) is 2.83. The molecule has 0 aliphatic heterocycles. The van der Waals surface area contributed by atoms with Gasteiger partial charge in [-0.15, -0.1) is 23.5 Å². The molecule has 0 saturated heterocycles. The number of carbonyl (C=O) groups excluding carboxylic acids is 1. The maximum Gasteiger partial charge on any atom is 0.319 e. The van der Waals surface area contributed by atoms with Gasteiger partial charge in [0.1, 0.15) is 16.5 Å². The van der Waals surface area contributed by atoms with E-state index in [4.69, 9.17) is 9.47 Å². The van der Waals surface area contributed by atoms with Crippen molar-refractivity contribution in [1.29, 1.82) is 0 Å². The molecule has 2 amide bonds. The Morgan fingerprint density at radius 2 is 1.88 bits per heavy atom. The number of carbonyl (C=O) groups is 1. The molecule has 0 fully saturated rings. The molecule has 0 bridgehead atoms. The molecule has 6 nitrogen and oxygen atoms in total. The molecule has 1 aromatic heterocycles. The number of anilines is 1. The summed E-state index contributed by atoms with van der Waals surface area (Å²) in [7, 11) is 3.34. The number of methoxy groups -OCH3 is 2. The molecule has 2 aromatic rings. The third kappa shape index (κ3) is 8.03. The van der Waals surface area contributed by atoms with Gasteiger partial charge in [0, 0.05) is 28.6 Å². The topological polar surface area (TPSA) is 72.5 Å². The van der Waals surface area contributed by atoms with Crippen molar-refractivity contribution >= 4 is 35.2 Å². The zero-order valence-corrected chi connectivity index (χ0v) is 22.3. The molecule has 0 saturated carbocycles. The SMILES string of the molecule is CCCCCCC(CNC(=O)Nc1c(SC)cc(C)nc1SC)c1cc(OC)ccc1OC. The van der Waals surface area contributed by atoms with E-state index in [9.17, 15) is 4.79 Å². The van der Waals surface area contributed by atoms with E-state index in [0.29, 0.717) is 6.54 Å². The molecule has 33 heavy (non-hydrogen) atoms. The number of pyridine rings is 1. The minimum absolute atomic E-state index is 0.119. The van der Waals surface area contributed by atoms with Crippen molar-refractivity contribution in [2.24, 2.45) is 0 Å². The van der Waals surface area contributed by atoms with Crippen LogP contribution in [0.4, 0.5) is 10.5 Å². The van der Waals surface area contributed by atoms with E-state index in [1.54, 1.807) is 26.0 Å². The lowest BCUT2D eigenvalue weighted by atomic mass is 9.92. The van der Waals surface area contributed by atoms with Crippen LogP contribution in [-0.4, -0.2) is 44.3 Å². The number of hydrogen-bond acceptors (Lipinski definition) is 6. The molecule has 2 N–H and O–H groups in total. The Morgan fingerprint density at radius 1 is 1.09 bits per heavy atom. The lowest BCUT2D eigenvalue weighted by Gasteiger charge is -2.22. The quantitative estimate of drug-likeness (QED) is 0.239. The maximum absolute atomic E-state index is 12.9. The fourth-order valence-corrected chi connectivity index (χ4v) is 5.06. The van der Waals surface area contributed by atoms with Crippen LogP contribution in [0.3, 0.4) is 0 Å². The predicted molar refractivity (Wildman–Crippen MR) is 141 cm³/mol. The molecule has 1 heterocycles. The largest absolute Gasteiger partial charge is 0.497 e. The number of amides is 2. The summed E-state index contributed by atoms with van der Waals surface area (Å²) in [5.41, 5.74) is 2.75. The van der Waals surface area contributed by atoms with Crippen LogP contribution in [0.2, 0.25) is 0 Å². The maximum atomic E-state index is 12.9. The van der Waals surface area contributed by atoms with Crippen molar-refractivity contribution in [1.82, 2.24) is 10.3 Å². The van der Waals surface area contributed by atoms with Crippen LogP contribution >= 0.6 is 23.5 Å². The highest BCUT2D eigenvalue weighted by Gasteiger charge is 2.20. The smallest absolute Gasteiger partial charge is 0.319 e. The Balaban J connectivity index is 2.18. The molecule has 8 heteroatoms. The Morgan fingerprint density at radius 3 is 2.52 bits per heavy atom. The normalized spacial score (nSPS) is 11.7. The van der Waals surface area contributed by atoms with Gasteiger partial charge in [-0.05, 0) is 50.1 Å². The summed E-state index contributed by atoms with van der Waals surface area (Å²) in [6.45, 7) is 4.68. The number of rotatable bonds is 13. The lowest BCUT2D eigenvalue weighted by molar-refractivity contribution is 0.251. The fourth-order valence-electron chi connectivity index (χ4n) is 3.76. The molecular formula is C25H37N3O3S2. The van der Waals surface area contributed by atoms with E-state index in [1.165, 1.54) is 31.0 Å². The van der Waals surface area contributed by atoms with E-state index in [2.05, 4.69) is 22.5 Å². The number of benzene rings is 1. The van der Waals surface area contributed by atoms with Crippen LogP contribution in [0.15, 0.2) is 34.2 Å². The van der Waals surface area contributed by atoms with E-state index < -0.39 is 0 Å². The summed E-state index contributed by atoms with van der Waals surface area (Å²) in [6.07, 6.45) is 9.60. The van der Waals surface area contributed by atoms with Gasteiger partial charge in [-0.3, -0.25) is 0 Å². The lowest BCUT2D eigenvalue weighted by Crippen LogP contribution is -2.33. The molecule has 0 aliphatic rings. The molecule has 1 unspecified atom stereocenters. The second-order valence-electron chi connectivity index (χ2n) is 7.84. The first-order chi connectivity index (χ1) is 16.0.